The van der Waals surface area contributed by atoms with Crippen LogP contribution in [0.25, 0.3) is 0 Å². The number of halogens is 1. The van der Waals surface area contributed by atoms with Crippen molar-refractivity contribution in [3.63, 3.8) is 0 Å². The van der Waals surface area contributed by atoms with E-state index < -0.39 is 0 Å². The van der Waals surface area contributed by atoms with Gasteiger partial charge in [-0.3, -0.25) is 4.99 Å². The molecule has 5 heteroatoms. The average molecular weight is 293 g/mol. The van der Waals surface area contributed by atoms with Gasteiger partial charge in [-0.05, 0) is 19.8 Å². The molecule has 0 aromatic rings. The lowest BCUT2D eigenvalue weighted by Crippen LogP contribution is -2.29. The molecule has 15 heavy (non-hydrogen) atoms. The molecule has 0 amide bonds. The summed E-state index contributed by atoms with van der Waals surface area (Å²) < 4.78 is 5.54. The number of thioether (sulfide) groups is 1. The average Bonchev–Trinajstić information content (AvgIpc) is 2.83. The number of alkyl halides is 1. The second kappa shape index (κ2) is 5.55. The third kappa shape index (κ3) is 3.11. The minimum Gasteiger partial charge on any atom is -0.376 e. The number of hydrogen-bond donors (Lipinski definition) is 1. The molecular formula is C10H17BrN2OS. The molecule has 3 atom stereocenters. The van der Waals surface area contributed by atoms with Crippen LogP contribution in [0.4, 0.5) is 0 Å². The van der Waals surface area contributed by atoms with Crippen LogP contribution in [0.15, 0.2) is 4.99 Å². The first-order valence-corrected chi connectivity index (χ1v) is 7.45. The van der Waals surface area contributed by atoms with Gasteiger partial charge in [-0.15, -0.1) is 0 Å². The third-order valence-corrected chi connectivity index (χ3v) is 5.26. The Kier molecular flexibility index (Phi) is 4.34. The van der Waals surface area contributed by atoms with E-state index in [9.17, 15) is 0 Å². The zero-order valence-electron chi connectivity index (χ0n) is 8.91. The molecule has 1 N–H and O–H groups in total. The Hall–Kier alpha value is 0.260. The largest absolute Gasteiger partial charge is 0.376 e. The number of nitrogens with zero attached hydrogens (tertiary/aromatic N) is 1. The molecule has 0 spiro atoms. The lowest BCUT2D eigenvalue weighted by atomic mass is 10.2. The number of ether oxygens (including phenoxy) is 1. The molecular weight excluding hydrogens is 276 g/mol. The molecule has 2 saturated heterocycles. The molecule has 0 aromatic heterocycles. The third-order valence-electron chi connectivity index (χ3n) is 2.79. The van der Waals surface area contributed by atoms with E-state index in [-0.39, 0.29) is 0 Å². The molecule has 0 radical (unpaired) electrons. The van der Waals surface area contributed by atoms with Crippen molar-refractivity contribution < 1.29 is 4.74 Å². The van der Waals surface area contributed by atoms with Gasteiger partial charge in [0.2, 0.25) is 0 Å². The quantitative estimate of drug-likeness (QED) is 0.808. The van der Waals surface area contributed by atoms with Crippen molar-refractivity contribution in [2.24, 2.45) is 4.99 Å². The molecule has 2 aliphatic rings. The molecule has 0 aliphatic carbocycles. The monoisotopic (exact) mass is 292 g/mol. The van der Waals surface area contributed by atoms with Gasteiger partial charge >= 0.3 is 0 Å². The Labute approximate surface area is 104 Å². The maximum absolute atomic E-state index is 5.54. The van der Waals surface area contributed by atoms with Gasteiger partial charge in [0.1, 0.15) is 0 Å². The normalized spacial score (nSPS) is 38.5. The molecule has 86 valence electrons. The molecule has 0 aromatic carbocycles. The van der Waals surface area contributed by atoms with Crippen LogP contribution in [0.5, 0.6) is 0 Å². The number of amidine groups is 1. The van der Waals surface area contributed by atoms with Crippen LogP contribution in [0.1, 0.15) is 19.8 Å². The van der Waals surface area contributed by atoms with Crippen molar-refractivity contribution in [3.05, 3.63) is 0 Å². The van der Waals surface area contributed by atoms with Crippen molar-refractivity contribution in [3.8, 4) is 0 Å². The van der Waals surface area contributed by atoms with E-state index in [0.29, 0.717) is 17.4 Å². The summed E-state index contributed by atoms with van der Waals surface area (Å²) in [6.07, 6.45) is 2.72. The first-order chi connectivity index (χ1) is 7.29. The van der Waals surface area contributed by atoms with E-state index in [1.54, 1.807) is 0 Å². The topological polar surface area (TPSA) is 33.6 Å². The van der Waals surface area contributed by atoms with Crippen LogP contribution in [0.2, 0.25) is 0 Å². The Morgan fingerprint density at radius 1 is 1.67 bits per heavy atom. The summed E-state index contributed by atoms with van der Waals surface area (Å²) in [5.74, 6) is 0. The minimum absolute atomic E-state index is 0.359. The molecule has 3 unspecified atom stereocenters. The summed E-state index contributed by atoms with van der Waals surface area (Å²) in [7, 11) is 0. The fourth-order valence-corrected chi connectivity index (χ4v) is 3.77. The van der Waals surface area contributed by atoms with Gasteiger partial charge in [-0.1, -0.05) is 27.7 Å². The Bertz CT molecular complexity index is 244. The van der Waals surface area contributed by atoms with Crippen LogP contribution in [0, 0.1) is 0 Å². The summed E-state index contributed by atoms with van der Waals surface area (Å²) in [6, 6.07) is 0.512. The van der Waals surface area contributed by atoms with Crippen LogP contribution >= 0.6 is 27.7 Å². The first-order valence-electron chi connectivity index (χ1n) is 5.45. The van der Waals surface area contributed by atoms with Crippen molar-refractivity contribution >= 4 is 32.9 Å². The van der Waals surface area contributed by atoms with Crippen molar-refractivity contribution in [2.75, 3.05) is 18.5 Å². The minimum atomic E-state index is 0.359. The molecule has 2 heterocycles. The maximum Gasteiger partial charge on any atom is 0.157 e. The van der Waals surface area contributed by atoms with Crippen molar-refractivity contribution in [2.45, 2.75) is 37.2 Å². The number of nitrogens with one attached hydrogen (secondary N) is 1. The van der Waals surface area contributed by atoms with Crippen molar-refractivity contribution in [1.29, 1.82) is 0 Å². The Morgan fingerprint density at radius 3 is 3.13 bits per heavy atom. The lowest BCUT2D eigenvalue weighted by molar-refractivity contribution is 0.118. The van der Waals surface area contributed by atoms with E-state index in [4.69, 9.17) is 4.74 Å². The highest BCUT2D eigenvalue weighted by molar-refractivity contribution is 9.09. The molecule has 2 fully saturated rings. The van der Waals surface area contributed by atoms with E-state index in [1.807, 2.05) is 11.8 Å². The lowest BCUT2D eigenvalue weighted by Gasteiger charge is -2.07. The van der Waals surface area contributed by atoms with Crippen molar-refractivity contribution in [1.82, 2.24) is 5.32 Å². The highest BCUT2D eigenvalue weighted by Crippen LogP contribution is 2.25. The zero-order chi connectivity index (χ0) is 10.7. The van der Waals surface area contributed by atoms with E-state index in [0.717, 1.165) is 23.6 Å². The molecule has 0 bridgehead atoms. The summed E-state index contributed by atoms with van der Waals surface area (Å²) in [6.45, 7) is 3.93. The van der Waals surface area contributed by atoms with Gasteiger partial charge in [-0.2, -0.15) is 0 Å². The van der Waals surface area contributed by atoms with Gasteiger partial charge < -0.3 is 10.1 Å². The smallest absolute Gasteiger partial charge is 0.157 e. The zero-order valence-corrected chi connectivity index (χ0v) is 11.3. The van der Waals surface area contributed by atoms with E-state index in [1.165, 1.54) is 12.8 Å². The summed E-state index contributed by atoms with van der Waals surface area (Å²) in [5.41, 5.74) is 0. The highest BCUT2D eigenvalue weighted by Gasteiger charge is 2.27. The van der Waals surface area contributed by atoms with E-state index >= 15 is 0 Å². The molecule has 2 rings (SSSR count). The number of rotatable bonds is 3. The fourth-order valence-electron chi connectivity index (χ4n) is 1.79. The standard InChI is InChI=1S/C10H17BrN2OS/c1-7-9(5-11)15-10(13-7)12-6-8-3-2-4-14-8/h7-9H,2-6H2,1H3,(H,12,13). The predicted molar refractivity (Wildman–Crippen MR) is 69.0 cm³/mol. The van der Waals surface area contributed by atoms with Gasteiger partial charge in [0.25, 0.3) is 0 Å². The van der Waals surface area contributed by atoms with Gasteiger partial charge in [-0.25, -0.2) is 0 Å². The predicted octanol–water partition coefficient (Wildman–Crippen LogP) is 2.01. The summed E-state index contributed by atoms with van der Waals surface area (Å²) in [5, 5.41) is 6.12. The van der Waals surface area contributed by atoms with Crippen LogP contribution in [-0.4, -0.2) is 41.0 Å². The Balaban J connectivity index is 1.81. The van der Waals surface area contributed by atoms with Crippen LogP contribution in [0.3, 0.4) is 0 Å². The molecule has 3 nitrogen and oxygen atoms in total. The highest BCUT2D eigenvalue weighted by atomic mass is 79.9. The fraction of sp³-hybridized carbons (Fsp3) is 0.900. The number of hydrogen-bond acceptors (Lipinski definition) is 3. The molecule has 0 saturated carbocycles. The van der Waals surface area contributed by atoms with Gasteiger partial charge in [0.05, 0.1) is 12.6 Å². The summed E-state index contributed by atoms with van der Waals surface area (Å²) >= 11 is 5.36. The SMILES string of the molecule is CC1NC(=NCC2CCCO2)SC1CBr. The second-order valence-electron chi connectivity index (χ2n) is 4.02. The second-order valence-corrected chi connectivity index (χ2v) is 5.90. The van der Waals surface area contributed by atoms with Gasteiger partial charge in [0, 0.05) is 23.2 Å². The maximum atomic E-state index is 5.54. The number of aliphatic imine (C=N–C) groups is 1. The van der Waals surface area contributed by atoms with Crippen LogP contribution < -0.4 is 5.32 Å². The van der Waals surface area contributed by atoms with Gasteiger partial charge in [0.15, 0.2) is 5.17 Å². The molecule has 2 aliphatic heterocycles. The van der Waals surface area contributed by atoms with Crippen LogP contribution in [-0.2, 0) is 4.74 Å². The summed E-state index contributed by atoms with van der Waals surface area (Å²) in [4.78, 5) is 4.58. The first kappa shape index (κ1) is 11.7. The Morgan fingerprint density at radius 2 is 2.53 bits per heavy atom. The van der Waals surface area contributed by atoms with E-state index in [2.05, 4.69) is 33.2 Å².